The molecule has 17 heavy (non-hydrogen) atoms. The molecule has 2 amide bonds. The van der Waals surface area contributed by atoms with Crippen LogP contribution in [0.3, 0.4) is 0 Å². The topological polar surface area (TPSA) is 58.6 Å². The molecule has 5 nitrogen and oxygen atoms in total. The zero-order chi connectivity index (χ0) is 12.3. The third-order valence-corrected chi connectivity index (χ3v) is 3.67. The third-order valence-electron chi connectivity index (χ3n) is 3.67. The van der Waals surface area contributed by atoms with Gasteiger partial charge in [0.2, 0.25) is 0 Å². The first kappa shape index (κ1) is 12.2. The molecule has 1 saturated carbocycles. The van der Waals surface area contributed by atoms with Crippen molar-refractivity contribution < 1.29 is 14.3 Å². The van der Waals surface area contributed by atoms with Crippen molar-refractivity contribution in [2.75, 3.05) is 13.7 Å². The Morgan fingerprint density at radius 1 is 1.18 bits per heavy atom. The normalized spacial score (nSPS) is 25.0. The molecule has 1 aliphatic carbocycles. The third kappa shape index (κ3) is 2.70. The van der Waals surface area contributed by atoms with E-state index in [1.165, 1.54) is 13.5 Å². The number of piperidine rings is 1. The molecular formula is C12H20N2O3. The number of carbonyl (C=O) groups excluding carboxylic acids is 2. The van der Waals surface area contributed by atoms with Gasteiger partial charge in [-0.1, -0.05) is 0 Å². The van der Waals surface area contributed by atoms with Crippen molar-refractivity contribution in [2.24, 2.45) is 0 Å². The summed E-state index contributed by atoms with van der Waals surface area (Å²) in [6, 6.07) is -0.193. The molecule has 0 bridgehead atoms. The van der Waals surface area contributed by atoms with Crippen LogP contribution in [0.4, 0.5) is 4.79 Å². The van der Waals surface area contributed by atoms with E-state index in [1.807, 2.05) is 0 Å². The van der Waals surface area contributed by atoms with E-state index >= 15 is 0 Å². The summed E-state index contributed by atoms with van der Waals surface area (Å²) < 4.78 is 4.75. The van der Waals surface area contributed by atoms with Crippen LogP contribution < -0.4 is 5.32 Å². The van der Waals surface area contributed by atoms with E-state index in [1.54, 1.807) is 4.90 Å². The minimum absolute atomic E-state index is 0.107. The molecule has 5 heteroatoms. The summed E-state index contributed by atoms with van der Waals surface area (Å²) in [4.78, 5) is 25.3. The molecule has 1 unspecified atom stereocenters. The molecule has 96 valence electrons. The van der Waals surface area contributed by atoms with Crippen LogP contribution in [0.15, 0.2) is 0 Å². The van der Waals surface area contributed by atoms with Crippen LogP contribution in [0.2, 0.25) is 0 Å². The van der Waals surface area contributed by atoms with Crippen molar-refractivity contribution in [1.29, 1.82) is 0 Å². The van der Waals surface area contributed by atoms with Crippen molar-refractivity contribution in [3.05, 3.63) is 0 Å². The molecule has 1 saturated heterocycles. The van der Waals surface area contributed by atoms with E-state index in [2.05, 4.69) is 5.32 Å². The molecular weight excluding hydrogens is 220 g/mol. The van der Waals surface area contributed by atoms with Gasteiger partial charge in [-0.25, -0.2) is 9.59 Å². The quantitative estimate of drug-likeness (QED) is 0.740. The summed E-state index contributed by atoms with van der Waals surface area (Å²) in [7, 11) is 1.37. The van der Waals surface area contributed by atoms with Gasteiger partial charge in [0, 0.05) is 12.6 Å². The van der Waals surface area contributed by atoms with Gasteiger partial charge in [-0.05, 0) is 38.5 Å². The van der Waals surface area contributed by atoms with Crippen molar-refractivity contribution in [1.82, 2.24) is 10.2 Å². The van der Waals surface area contributed by atoms with Gasteiger partial charge in [-0.3, -0.25) is 0 Å². The van der Waals surface area contributed by atoms with E-state index < -0.39 is 6.04 Å². The van der Waals surface area contributed by atoms with Crippen LogP contribution in [0.25, 0.3) is 0 Å². The molecule has 1 heterocycles. The number of carbonyl (C=O) groups is 2. The maximum atomic E-state index is 12.0. The predicted octanol–water partition coefficient (Wildman–Crippen LogP) is 1.28. The van der Waals surface area contributed by atoms with Gasteiger partial charge in [-0.2, -0.15) is 0 Å². The standard InChI is InChI=1S/C12H20N2O3/c1-17-11(15)10-7-2-3-8-14(10)12(16)13-9-5-4-6-9/h9-10H,2-8H2,1H3,(H,13,16). The maximum absolute atomic E-state index is 12.0. The summed E-state index contributed by atoms with van der Waals surface area (Å²) >= 11 is 0. The number of nitrogens with one attached hydrogen (secondary N) is 1. The molecule has 0 radical (unpaired) electrons. The van der Waals surface area contributed by atoms with Crippen LogP contribution in [0.5, 0.6) is 0 Å². The lowest BCUT2D eigenvalue weighted by Crippen LogP contribution is -2.55. The lowest BCUT2D eigenvalue weighted by molar-refractivity contribution is -0.146. The van der Waals surface area contributed by atoms with Crippen LogP contribution in [-0.4, -0.2) is 42.6 Å². The van der Waals surface area contributed by atoms with Gasteiger partial charge in [0.25, 0.3) is 0 Å². The molecule has 1 aliphatic heterocycles. The smallest absolute Gasteiger partial charge is 0.328 e. The molecule has 2 rings (SSSR count). The lowest BCUT2D eigenvalue weighted by atomic mass is 9.93. The lowest BCUT2D eigenvalue weighted by Gasteiger charge is -2.36. The van der Waals surface area contributed by atoms with Crippen molar-refractivity contribution in [3.8, 4) is 0 Å². The molecule has 0 aromatic rings. The number of methoxy groups -OCH3 is 1. The van der Waals surface area contributed by atoms with Gasteiger partial charge in [-0.15, -0.1) is 0 Å². The second kappa shape index (κ2) is 5.38. The van der Waals surface area contributed by atoms with Crippen LogP contribution in [-0.2, 0) is 9.53 Å². The second-order valence-corrected chi connectivity index (χ2v) is 4.81. The van der Waals surface area contributed by atoms with Gasteiger partial charge in [0.05, 0.1) is 7.11 Å². The number of amides is 2. The number of urea groups is 1. The summed E-state index contributed by atoms with van der Waals surface area (Å²) in [5.74, 6) is -0.298. The number of likely N-dealkylation sites (tertiary alicyclic amines) is 1. The largest absolute Gasteiger partial charge is 0.467 e. The van der Waals surface area contributed by atoms with Gasteiger partial charge in [0.1, 0.15) is 6.04 Å². The number of nitrogens with zero attached hydrogens (tertiary/aromatic N) is 1. The molecule has 1 N–H and O–H groups in total. The average Bonchev–Trinajstić information content (AvgIpc) is 2.32. The highest BCUT2D eigenvalue weighted by atomic mass is 16.5. The molecule has 2 aliphatic rings. The highest BCUT2D eigenvalue weighted by Crippen LogP contribution is 2.21. The number of ether oxygens (including phenoxy) is 1. The van der Waals surface area contributed by atoms with Gasteiger partial charge in [0.15, 0.2) is 0 Å². The van der Waals surface area contributed by atoms with Crippen LogP contribution in [0, 0.1) is 0 Å². The van der Waals surface area contributed by atoms with Crippen molar-refractivity contribution in [2.45, 2.75) is 50.6 Å². The monoisotopic (exact) mass is 240 g/mol. The van der Waals surface area contributed by atoms with E-state index in [-0.39, 0.29) is 12.0 Å². The Balaban J connectivity index is 1.94. The predicted molar refractivity (Wildman–Crippen MR) is 62.5 cm³/mol. The first-order valence-corrected chi connectivity index (χ1v) is 6.37. The first-order valence-electron chi connectivity index (χ1n) is 6.37. The molecule has 0 aromatic heterocycles. The number of hydrogen-bond acceptors (Lipinski definition) is 3. The molecule has 1 atom stereocenters. The summed E-state index contributed by atoms with van der Waals surface area (Å²) in [5, 5.41) is 2.97. The Labute approximate surface area is 101 Å². The second-order valence-electron chi connectivity index (χ2n) is 4.81. The minimum atomic E-state index is -0.395. The van der Waals surface area contributed by atoms with Crippen molar-refractivity contribution in [3.63, 3.8) is 0 Å². The summed E-state index contributed by atoms with van der Waals surface area (Å²) in [6.45, 7) is 0.651. The summed E-state index contributed by atoms with van der Waals surface area (Å²) in [5.41, 5.74) is 0. The highest BCUT2D eigenvalue weighted by Gasteiger charge is 2.34. The zero-order valence-electron chi connectivity index (χ0n) is 10.3. The summed E-state index contributed by atoms with van der Waals surface area (Å²) in [6.07, 6.45) is 5.96. The zero-order valence-corrected chi connectivity index (χ0v) is 10.3. The highest BCUT2D eigenvalue weighted by molar-refractivity contribution is 5.84. The Morgan fingerprint density at radius 3 is 2.53 bits per heavy atom. The first-order chi connectivity index (χ1) is 8.22. The van der Waals surface area contributed by atoms with E-state index in [0.29, 0.717) is 19.0 Å². The molecule has 0 aromatic carbocycles. The fraction of sp³-hybridized carbons (Fsp3) is 0.833. The minimum Gasteiger partial charge on any atom is -0.467 e. The van der Waals surface area contributed by atoms with E-state index in [4.69, 9.17) is 4.74 Å². The van der Waals surface area contributed by atoms with Crippen molar-refractivity contribution >= 4 is 12.0 Å². The fourth-order valence-corrected chi connectivity index (χ4v) is 2.37. The average molecular weight is 240 g/mol. The van der Waals surface area contributed by atoms with Crippen LogP contribution >= 0.6 is 0 Å². The van der Waals surface area contributed by atoms with Gasteiger partial charge < -0.3 is 15.0 Å². The van der Waals surface area contributed by atoms with Crippen LogP contribution in [0.1, 0.15) is 38.5 Å². The fourth-order valence-electron chi connectivity index (χ4n) is 2.37. The maximum Gasteiger partial charge on any atom is 0.328 e. The Kier molecular flexibility index (Phi) is 3.86. The number of rotatable bonds is 2. The Hall–Kier alpha value is -1.26. The molecule has 0 spiro atoms. The Bertz CT molecular complexity index is 302. The number of hydrogen-bond donors (Lipinski definition) is 1. The van der Waals surface area contributed by atoms with Gasteiger partial charge >= 0.3 is 12.0 Å². The van der Waals surface area contributed by atoms with E-state index in [9.17, 15) is 9.59 Å². The van der Waals surface area contributed by atoms with E-state index in [0.717, 1.165) is 25.7 Å². The Morgan fingerprint density at radius 2 is 1.94 bits per heavy atom. The number of esters is 1. The molecule has 2 fully saturated rings. The SMILES string of the molecule is COC(=O)C1CCCCN1C(=O)NC1CCC1.